The van der Waals surface area contributed by atoms with E-state index < -0.39 is 0 Å². The molecular formula is C31H32FNO5. The van der Waals surface area contributed by atoms with E-state index in [1.54, 1.807) is 0 Å². The van der Waals surface area contributed by atoms with Gasteiger partial charge >= 0.3 is 0 Å². The molecule has 0 spiro atoms. The van der Waals surface area contributed by atoms with Gasteiger partial charge in [-0.3, -0.25) is 9.29 Å². The van der Waals surface area contributed by atoms with Crippen LogP contribution in [0.1, 0.15) is 37.7 Å². The van der Waals surface area contributed by atoms with Crippen molar-refractivity contribution in [3.63, 3.8) is 0 Å². The van der Waals surface area contributed by atoms with Crippen molar-refractivity contribution in [2.24, 2.45) is 5.92 Å². The highest BCUT2D eigenvalue weighted by Gasteiger charge is 2.35. The molecule has 3 heterocycles. The molecule has 6 nitrogen and oxygen atoms in total. The number of rotatable bonds is 6. The van der Waals surface area contributed by atoms with Crippen LogP contribution >= 0.6 is 0 Å². The third kappa shape index (κ3) is 4.56. The van der Waals surface area contributed by atoms with Crippen molar-refractivity contribution in [3.05, 3.63) is 112 Å². The summed E-state index contributed by atoms with van der Waals surface area (Å²) >= 11 is 0. The molecule has 3 aliphatic heterocycles. The Morgan fingerprint density at radius 3 is 2.76 bits per heavy atom. The summed E-state index contributed by atoms with van der Waals surface area (Å²) in [6.07, 6.45) is 13.6. The number of allylic oxidation sites excluding steroid dienone is 8. The minimum atomic E-state index is -0.249. The summed E-state index contributed by atoms with van der Waals surface area (Å²) in [7, 11) is 0. The lowest BCUT2D eigenvalue weighted by Crippen LogP contribution is -2.35. The highest BCUT2D eigenvalue weighted by molar-refractivity contribution is 5.68. The van der Waals surface area contributed by atoms with Crippen LogP contribution < -0.4 is 4.74 Å². The van der Waals surface area contributed by atoms with E-state index in [9.17, 15) is 14.6 Å². The predicted octanol–water partition coefficient (Wildman–Crippen LogP) is 6.41. The first-order valence-corrected chi connectivity index (χ1v) is 13.3. The molecule has 2 aliphatic carbocycles. The number of alkyl halides is 1. The Labute approximate surface area is 222 Å². The summed E-state index contributed by atoms with van der Waals surface area (Å²) in [6, 6.07) is 8.17. The van der Waals surface area contributed by atoms with E-state index >= 15 is 0 Å². The van der Waals surface area contributed by atoms with Crippen LogP contribution in [0.25, 0.3) is 0 Å². The predicted molar refractivity (Wildman–Crippen MR) is 142 cm³/mol. The summed E-state index contributed by atoms with van der Waals surface area (Å²) in [5.74, 6) is 1.76. The number of ether oxygens (including phenoxy) is 3. The van der Waals surface area contributed by atoms with Crippen molar-refractivity contribution in [1.82, 2.24) is 4.90 Å². The fourth-order valence-electron chi connectivity index (χ4n) is 5.68. The number of hydrogen-bond donors (Lipinski definition) is 2. The summed E-state index contributed by atoms with van der Waals surface area (Å²) < 4.78 is 30.6. The van der Waals surface area contributed by atoms with E-state index in [-0.39, 0.29) is 36.3 Å². The average molecular weight is 518 g/mol. The van der Waals surface area contributed by atoms with Gasteiger partial charge in [0, 0.05) is 47.6 Å². The largest absolute Gasteiger partial charge is 0.504 e. The fraction of sp³-hybridized carbons (Fsp3) is 0.355. The van der Waals surface area contributed by atoms with Gasteiger partial charge in [-0.2, -0.15) is 0 Å². The molecule has 6 rings (SSSR count). The number of likely N-dealkylation sites (tertiary alicyclic amines) is 1. The van der Waals surface area contributed by atoms with Crippen molar-refractivity contribution in [1.29, 1.82) is 0 Å². The van der Waals surface area contributed by atoms with Crippen molar-refractivity contribution < 1.29 is 28.8 Å². The normalized spacial score (nSPS) is 25.5. The van der Waals surface area contributed by atoms with Crippen LogP contribution in [0.3, 0.4) is 0 Å². The highest BCUT2D eigenvalue weighted by atomic mass is 19.1. The maximum Gasteiger partial charge on any atom is 0.291 e. The second-order valence-corrected chi connectivity index (χ2v) is 10.4. The van der Waals surface area contributed by atoms with Crippen molar-refractivity contribution >= 4 is 0 Å². The molecule has 0 aromatic heterocycles. The molecule has 0 radical (unpaired) electrons. The molecule has 38 heavy (non-hydrogen) atoms. The lowest BCUT2D eigenvalue weighted by atomic mass is 9.84. The SMILES string of the molecule is C[C@@H](COc1ccc([C@@H]2C=CC3=C4C(O)=COC5=C(C=CCC5)C4=C(O)OC3=C2)cc1)N1CC[C@@H](CF)C1. The Balaban J connectivity index is 1.18. The number of aliphatic hydroxyl groups is 2. The maximum absolute atomic E-state index is 12.9. The molecule has 1 aromatic rings. The van der Waals surface area contributed by atoms with E-state index in [4.69, 9.17) is 14.2 Å². The second-order valence-electron chi connectivity index (χ2n) is 10.4. The molecule has 0 unspecified atom stereocenters. The fourth-order valence-corrected chi connectivity index (χ4v) is 5.68. The van der Waals surface area contributed by atoms with Gasteiger partial charge in [-0.1, -0.05) is 36.4 Å². The van der Waals surface area contributed by atoms with Gasteiger partial charge in [0.25, 0.3) is 5.95 Å². The molecule has 1 aromatic carbocycles. The van der Waals surface area contributed by atoms with Crippen LogP contribution in [0.5, 0.6) is 5.75 Å². The number of halogens is 1. The number of fused-ring (bicyclic) bond motifs is 3. The second kappa shape index (κ2) is 10.2. The molecule has 2 N–H and O–H groups in total. The van der Waals surface area contributed by atoms with E-state index in [1.165, 1.54) is 6.26 Å². The van der Waals surface area contributed by atoms with Gasteiger partial charge in [0.2, 0.25) is 0 Å². The van der Waals surface area contributed by atoms with Crippen LogP contribution in [0, 0.1) is 5.92 Å². The molecule has 5 aliphatic rings. The smallest absolute Gasteiger partial charge is 0.291 e. The topological polar surface area (TPSA) is 71.4 Å². The third-order valence-electron chi connectivity index (χ3n) is 7.88. The highest BCUT2D eigenvalue weighted by Crippen LogP contribution is 2.45. The third-order valence-corrected chi connectivity index (χ3v) is 7.88. The van der Waals surface area contributed by atoms with Crippen molar-refractivity contribution in [3.8, 4) is 5.75 Å². The molecule has 0 amide bonds. The quantitative estimate of drug-likeness (QED) is 0.454. The van der Waals surface area contributed by atoms with Gasteiger partial charge in [0.05, 0.1) is 12.2 Å². The van der Waals surface area contributed by atoms with E-state index in [2.05, 4.69) is 11.8 Å². The Hall–Kier alpha value is -3.71. The maximum atomic E-state index is 12.9. The van der Waals surface area contributed by atoms with Crippen LogP contribution in [0.2, 0.25) is 0 Å². The minimum absolute atomic E-state index is 0.0495. The first-order valence-electron chi connectivity index (χ1n) is 13.3. The molecule has 0 saturated carbocycles. The standard InChI is InChI=1S/C31H32FNO5/c1-19(33-13-12-20(15-32)16-33)17-36-23-9-6-21(7-10-23)22-8-11-25-28(14-22)38-31(35)30-24-4-2-3-5-27(24)37-18-26(34)29(25)30/h2,4,6-11,14,18-20,22,34-35H,3,5,12-13,15-17H2,1H3/t19-,20-,22+/m0/s1. The van der Waals surface area contributed by atoms with Crippen LogP contribution in [-0.4, -0.2) is 47.5 Å². The average Bonchev–Trinajstić information content (AvgIpc) is 3.38. The van der Waals surface area contributed by atoms with Gasteiger partial charge in [-0.25, -0.2) is 0 Å². The monoisotopic (exact) mass is 517 g/mol. The first-order chi connectivity index (χ1) is 18.5. The van der Waals surface area contributed by atoms with Gasteiger partial charge < -0.3 is 24.4 Å². The zero-order chi connectivity index (χ0) is 26.2. The van der Waals surface area contributed by atoms with Gasteiger partial charge in [0.1, 0.15) is 30.1 Å². The molecule has 7 heteroatoms. The summed E-state index contributed by atoms with van der Waals surface area (Å²) in [5.41, 5.74) is 3.42. The molecule has 1 saturated heterocycles. The molecule has 3 atom stereocenters. The molecular weight excluding hydrogens is 485 g/mol. The van der Waals surface area contributed by atoms with Crippen LogP contribution in [-0.2, 0) is 9.47 Å². The Morgan fingerprint density at radius 2 is 1.97 bits per heavy atom. The van der Waals surface area contributed by atoms with E-state index in [1.807, 2.05) is 54.6 Å². The van der Waals surface area contributed by atoms with E-state index in [0.29, 0.717) is 41.3 Å². The zero-order valence-electron chi connectivity index (χ0n) is 21.4. The summed E-state index contributed by atoms with van der Waals surface area (Å²) in [5, 5.41) is 21.7. The van der Waals surface area contributed by atoms with Crippen molar-refractivity contribution in [2.75, 3.05) is 26.4 Å². The van der Waals surface area contributed by atoms with Crippen LogP contribution in [0.15, 0.2) is 106 Å². The summed E-state index contributed by atoms with van der Waals surface area (Å²) in [6.45, 7) is 4.14. The van der Waals surface area contributed by atoms with Gasteiger partial charge in [0.15, 0.2) is 5.76 Å². The Kier molecular flexibility index (Phi) is 6.62. The molecule has 1 fully saturated rings. The van der Waals surface area contributed by atoms with Crippen LogP contribution in [0.4, 0.5) is 4.39 Å². The zero-order valence-corrected chi connectivity index (χ0v) is 21.4. The molecule has 198 valence electrons. The Bertz CT molecular complexity index is 1330. The lowest BCUT2D eigenvalue weighted by Gasteiger charge is -2.27. The number of hydrogen-bond acceptors (Lipinski definition) is 6. The minimum Gasteiger partial charge on any atom is -0.504 e. The van der Waals surface area contributed by atoms with Gasteiger partial charge in [-0.05, 0) is 50.1 Å². The molecule has 0 bridgehead atoms. The number of aliphatic hydroxyl groups excluding tert-OH is 2. The van der Waals surface area contributed by atoms with Crippen molar-refractivity contribution in [2.45, 2.75) is 38.1 Å². The number of nitrogens with zero attached hydrogens (tertiary/aromatic N) is 1. The first kappa shape index (κ1) is 24.6. The lowest BCUT2D eigenvalue weighted by molar-refractivity contribution is 0.142. The summed E-state index contributed by atoms with van der Waals surface area (Å²) in [4.78, 5) is 2.29. The Morgan fingerprint density at radius 1 is 1.13 bits per heavy atom. The van der Waals surface area contributed by atoms with Gasteiger partial charge in [-0.15, -0.1) is 0 Å². The number of benzene rings is 1. The van der Waals surface area contributed by atoms with E-state index in [0.717, 1.165) is 42.8 Å².